The molecule has 0 heterocycles. The first-order valence-electron chi connectivity index (χ1n) is 4.30. The Morgan fingerprint density at radius 3 is 2.47 bits per heavy atom. The highest BCUT2D eigenvalue weighted by atomic mass is 16.5. The molecule has 0 saturated heterocycles. The molecule has 0 fully saturated rings. The molecule has 0 aliphatic carbocycles. The highest BCUT2D eigenvalue weighted by Gasteiger charge is 2.22. The van der Waals surface area contributed by atoms with Crippen molar-refractivity contribution in [1.82, 2.24) is 0 Å². The Hall–Kier alpha value is -1.88. The van der Waals surface area contributed by atoms with Crippen LogP contribution >= 0.6 is 0 Å². The lowest BCUT2D eigenvalue weighted by atomic mass is 10.2. The van der Waals surface area contributed by atoms with Crippen LogP contribution < -0.4 is 5.73 Å². The van der Waals surface area contributed by atoms with Gasteiger partial charge in [0.25, 0.3) is 0 Å². The molecule has 5 nitrogen and oxygen atoms in total. The molecule has 0 aromatic heterocycles. The molecule has 0 spiro atoms. The maximum atomic E-state index is 11.0. The van der Waals surface area contributed by atoms with E-state index in [0.717, 1.165) is 5.56 Å². The van der Waals surface area contributed by atoms with Gasteiger partial charge < -0.3 is 15.6 Å². The van der Waals surface area contributed by atoms with Crippen LogP contribution in [0.5, 0.6) is 0 Å². The number of hydrogen-bond acceptors (Lipinski definition) is 4. The summed E-state index contributed by atoms with van der Waals surface area (Å²) in [6.45, 7) is 0.0284. The van der Waals surface area contributed by atoms with Gasteiger partial charge in [-0.1, -0.05) is 30.3 Å². The number of rotatable bonds is 4. The maximum Gasteiger partial charge on any atom is 0.334 e. The minimum Gasteiger partial charge on any atom is -0.480 e. The van der Waals surface area contributed by atoms with E-state index in [2.05, 4.69) is 0 Å². The van der Waals surface area contributed by atoms with Crippen molar-refractivity contribution >= 4 is 11.9 Å². The summed E-state index contributed by atoms with van der Waals surface area (Å²) in [7, 11) is 0. The van der Waals surface area contributed by atoms with Gasteiger partial charge in [0.1, 0.15) is 6.61 Å². The van der Waals surface area contributed by atoms with Crippen LogP contribution in [0.3, 0.4) is 0 Å². The summed E-state index contributed by atoms with van der Waals surface area (Å²) in [6, 6.07) is 7.32. The third-order valence-electron chi connectivity index (χ3n) is 1.74. The second-order valence-corrected chi connectivity index (χ2v) is 2.91. The van der Waals surface area contributed by atoms with Crippen LogP contribution in [-0.4, -0.2) is 23.1 Å². The molecule has 1 aromatic rings. The molecule has 0 saturated carbocycles. The minimum absolute atomic E-state index is 0.0284. The smallest absolute Gasteiger partial charge is 0.334 e. The number of carboxylic acids is 1. The summed E-state index contributed by atoms with van der Waals surface area (Å²) in [4.78, 5) is 21.4. The van der Waals surface area contributed by atoms with Gasteiger partial charge in [0, 0.05) is 0 Å². The largest absolute Gasteiger partial charge is 0.480 e. The number of aliphatic carboxylic acids is 1. The fourth-order valence-electron chi connectivity index (χ4n) is 0.919. The summed E-state index contributed by atoms with van der Waals surface area (Å²) in [5, 5.41) is 8.42. The Morgan fingerprint density at radius 2 is 1.93 bits per heavy atom. The number of esters is 1. The lowest BCUT2D eigenvalue weighted by Gasteiger charge is -2.07. The van der Waals surface area contributed by atoms with Gasteiger partial charge in [-0.25, -0.2) is 9.59 Å². The molecule has 15 heavy (non-hydrogen) atoms. The van der Waals surface area contributed by atoms with Gasteiger partial charge in [0.15, 0.2) is 0 Å². The number of benzene rings is 1. The van der Waals surface area contributed by atoms with Crippen molar-refractivity contribution in [2.24, 2.45) is 5.73 Å². The first kappa shape index (κ1) is 11.2. The van der Waals surface area contributed by atoms with Crippen molar-refractivity contribution in [3.05, 3.63) is 35.9 Å². The zero-order chi connectivity index (χ0) is 11.3. The fourth-order valence-corrected chi connectivity index (χ4v) is 0.919. The van der Waals surface area contributed by atoms with E-state index in [0.29, 0.717) is 0 Å². The molecular formula is C10H11NO4. The Balaban J connectivity index is 2.44. The zero-order valence-electron chi connectivity index (χ0n) is 7.92. The van der Waals surface area contributed by atoms with Crippen molar-refractivity contribution in [3.8, 4) is 0 Å². The molecule has 80 valence electrons. The summed E-state index contributed by atoms with van der Waals surface area (Å²) in [5.74, 6) is -2.33. The predicted octanol–water partition coefficient (Wildman–Crippen LogP) is 0.142. The molecule has 0 unspecified atom stereocenters. The number of nitrogens with two attached hydrogens (primary N) is 1. The Kier molecular flexibility index (Phi) is 3.82. The second-order valence-electron chi connectivity index (χ2n) is 2.91. The van der Waals surface area contributed by atoms with E-state index in [9.17, 15) is 9.59 Å². The second kappa shape index (κ2) is 5.11. The maximum absolute atomic E-state index is 11.0. The average Bonchev–Trinajstić information content (AvgIpc) is 2.26. The van der Waals surface area contributed by atoms with Crippen molar-refractivity contribution < 1.29 is 19.4 Å². The van der Waals surface area contributed by atoms with E-state index in [1.807, 2.05) is 6.07 Å². The molecule has 0 amide bonds. The van der Waals surface area contributed by atoms with Crippen molar-refractivity contribution in [2.45, 2.75) is 12.6 Å². The molecule has 1 atom stereocenters. The van der Waals surface area contributed by atoms with E-state index in [-0.39, 0.29) is 6.61 Å². The van der Waals surface area contributed by atoms with Crippen LogP contribution in [0.1, 0.15) is 5.56 Å². The summed E-state index contributed by atoms with van der Waals surface area (Å²) in [6.07, 6.45) is 0. The number of hydrogen-bond donors (Lipinski definition) is 2. The number of carboxylic acid groups (broad SMARTS) is 1. The normalized spacial score (nSPS) is 11.8. The first-order chi connectivity index (χ1) is 7.11. The van der Waals surface area contributed by atoms with E-state index in [1.54, 1.807) is 24.3 Å². The van der Waals surface area contributed by atoms with Gasteiger partial charge in [-0.3, -0.25) is 0 Å². The monoisotopic (exact) mass is 209 g/mol. The lowest BCUT2D eigenvalue weighted by molar-refractivity contribution is -0.154. The third kappa shape index (κ3) is 3.40. The van der Waals surface area contributed by atoms with Crippen LogP contribution in [0.15, 0.2) is 30.3 Å². The van der Waals surface area contributed by atoms with Gasteiger partial charge in [-0.05, 0) is 5.56 Å². The van der Waals surface area contributed by atoms with E-state index in [4.69, 9.17) is 15.6 Å². The van der Waals surface area contributed by atoms with Gasteiger partial charge in [-0.15, -0.1) is 0 Å². The lowest BCUT2D eigenvalue weighted by Crippen LogP contribution is -2.39. The molecule has 0 bridgehead atoms. The molecule has 3 N–H and O–H groups in total. The van der Waals surface area contributed by atoms with Crippen LogP contribution in [0, 0.1) is 0 Å². The van der Waals surface area contributed by atoms with Crippen molar-refractivity contribution in [2.75, 3.05) is 0 Å². The summed E-state index contributed by atoms with van der Waals surface area (Å²) in [5.41, 5.74) is 5.83. The number of carbonyl (C=O) groups is 2. The van der Waals surface area contributed by atoms with Crippen LogP contribution in [0.25, 0.3) is 0 Å². The Morgan fingerprint density at radius 1 is 1.33 bits per heavy atom. The Bertz CT molecular complexity index is 350. The zero-order valence-corrected chi connectivity index (χ0v) is 7.92. The fraction of sp³-hybridized carbons (Fsp3) is 0.200. The molecule has 0 aliphatic rings. The number of carbonyl (C=O) groups excluding carboxylic acids is 1. The topological polar surface area (TPSA) is 89.6 Å². The highest BCUT2D eigenvalue weighted by Crippen LogP contribution is 2.01. The quantitative estimate of drug-likeness (QED) is 0.544. The average molecular weight is 209 g/mol. The number of ether oxygens (including phenoxy) is 1. The third-order valence-corrected chi connectivity index (χ3v) is 1.74. The van der Waals surface area contributed by atoms with Crippen LogP contribution in [-0.2, 0) is 20.9 Å². The van der Waals surface area contributed by atoms with E-state index in [1.165, 1.54) is 0 Å². The summed E-state index contributed by atoms with van der Waals surface area (Å²) >= 11 is 0. The van der Waals surface area contributed by atoms with E-state index >= 15 is 0 Å². The molecule has 1 aromatic carbocycles. The van der Waals surface area contributed by atoms with E-state index < -0.39 is 18.0 Å². The van der Waals surface area contributed by atoms with Gasteiger partial charge in [-0.2, -0.15) is 0 Å². The molecule has 0 radical (unpaired) electrons. The van der Waals surface area contributed by atoms with Crippen molar-refractivity contribution in [1.29, 1.82) is 0 Å². The predicted molar refractivity (Wildman–Crippen MR) is 51.8 cm³/mol. The van der Waals surface area contributed by atoms with Crippen LogP contribution in [0.4, 0.5) is 0 Å². The molecule has 1 rings (SSSR count). The summed E-state index contributed by atoms with van der Waals surface area (Å²) < 4.78 is 4.71. The van der Waals surface area contributed by atoms with Gasteiger partial charge >= 0.3 is 11.9 Å². The van der Waals surface area contributed by atoms with Crippen molar-refractivity contribution in [3.63, 3.8) is 0 Å². The highest BCUT2D eigenvalue weighted by molar-refractivity contribution is 5.97. The first-order valence-corrected chi connectivity index (χ1v) is 4.30. The minimum atomic E-state index is -1.62. The molecular weight excluding hydrogens is 198 g/mol. The van der Waals surface area contributed by atoms with Gasteiger partial charge in [0.05, 0.1) is 0 Å². The SMILES string of the molecule is N[C@@H](C(=O)O)C(=O)OCc1ccccc1. The Labute approximate surface area is 86.5 Å². The standard InChI is InChI=1S/C10H11NO4/c11-8(9(12)13)10(14)15-6-7-4-2-1-3-5-7/h1-5,8H,6,11H2,(H,12,13)/t8-/m0/s1. The molecule has 5 heteroatoms. The van der Waals surface area contributed by atoms with Gasteiger partial charge in [0.2, 0.25) is 6.04 Å². The van der Waals surface area contributed by atoms with Crippen LogP contribution in [0.2, 0.25) is 0 Å². The molecule has 0 aliphatic heterocycles.